The molecule has 1 N–H and O–H groups in total. The first-order chi connectivity index (χ1) is 13.7. The number of hydrogen-bond donors (Lipinski definition) is 1. The number of aromatic hydroxyl groups is 1. The van der Waals surface area contributed by atoms with Gasteiger partial charge in [0.1, 0.15) is 11.5 Å². The van der Waals surface area contributed by atoms with Crippen molar-refractivity contribution in [2.45, 2.75) is 6.18 Å². The van der Waals surface area contributed by atoms with Gasteiger partial charge in [0.15, 0.2) is 0 Å². The van der Waals surface area contributed by atoms with Gasteiger partial charge in [-0.15, -0.1) is 0 Å². The normalized spacial score (nSPS) is 14.6. The third kappa shape index (κ3) is 4.44. The lowest BCUT2D eigenvalue weighted by Gasteiger charge is -2.35. The second-order valence-electron chi connectivity index (χ2n) is 6.55. The second kappa shape index (κ2) is 8.02. The third-order valence-corrected chi connectivity index (χ3v) is 4.73. The average Bonchev–Trinajstić information content (AvgIpc) is 2.72. The van der Waals surface area contributed by atoms with Crippen molar-refractivity contribution in [3.8, 4) is 11.5 Å². The first-order valence-electron chi connectivity index (χ1n) is 8.83. The maximum atomic E-state index is 12.9. The van der Waals surface area contributed by atoms with E-state index in [1.165, 1.54) is 47.2 Å². The monoisotopic (exact) mass is 408 g/mol. The average molecular weight is 408 g/mol. The Bertz CT molecular complexity index is 922. The minimum absolute atomic E-state index is 0.0509. The van der Waals surface area contributed by atoms with Crippen LogP contribution in [0, 0.1) is 0 Å². The van der Waals surface area contributed by atoms with E-state index in [4.69, 9.17) is 4.74 Å². The van der Waals surface area contributed by atoms with Crippen LogP contribution in [0.1, 0.15) is 26.3 Å². The Morgan fingerprint density at radius 2 is 1.59 bits per heavy atom. The predicted octanol–water partition coefficient (Wildman–Crippen LogP) is 3.02. The van der Waals surface area contributed by atoms with Gasteiger partial charge in [-0.25, -0.2) is 0 Å². The number of nitrogens with zero attached hydrogens (tertiary/aromatic N) is 2. The van der Waals surface area contributed by atoms with Crippen molar-refractivity contribution in [3.63, 3.8) is 0 Å². The molecule has 2 aromatic rings. The van der Waals surface area contributed by atoms with Gasteiger partial charge in [0, 0.05) is 31.7 Å². The zero-order chi connectivity index (χ0) is 21.2. The molecule has 0 saturated carbocycles. The molecule has 0 aliphatic carbocycles. The molecule has 1 aliphatic rings. The van der Waals surface area contributed by atoms with Gasteiger partial charge < -0.3 is 19.6 Å². The van der Waals surface area contributed by atoms with Gasteiger partial charge in [-0.2, -0.15) is 13.2 Å². The van der Waals surface area contributed by atoms with Crippen LogP contribution in [0.5, 0.6) is 11.5 Å². The number of phenolic OH excluding ortho intramolecular Hbond substituents is 1. The van der Waals surface area contributed by atoms with Crippen LogP contribution in [-0.4, -0.2) is 60.0 Å². The van der Waals surface area contributed by atoms with E-state index in [1.807, 2.05) is 0 Å². The highest BCUT2D eigenvalue weighted by Crippen LogP contribution is 2.30. The molecule has 1 saturated heterocycles. The molecule has 9 heteroatoms. The van der Waals surface area contributed by atoms with Crippen LogP contribution in [0.15, 0.2) is 42.5 Å². The summed E-state index contributed by atoms with van der Waals surface area (Å²) in [6.45, 7) is 0.734. The van der Waals surface area contributed by atoms with E-state index >= 15 is 0 Å². The van der Waals surface area contributed by atoms with Crippen LogP contribution < -0.4 is 4.74 Å². The fraction of sp³-hybridized carbons (Fsp3) is 0.300. The molecule has 1 aliphatic heterocycles. The number of benzene rings is 2. The standard InChI is InChI=1S/C20H19F3N2O4/c1-29-15-5-6-17(26)16(12-15)19(28)25-9-7-24(8-10-25)18(27)13-3-2-4-14(11-13)20(21,22)23/h2-6,11-12,26H,7-10H2,1H3. The van der Waals surface area contributed by atoms with E-state index in [9.17, 15) is 27.9 Å². The Morgan fingerprint density at radius 3 is 2.17 bits per heavy atom. The second-order valence-corrected chi connectivity index (χ2v) is 6.55. The first kappa shape index (κ1) is 20.5. The summed E-state index contributed by atoms with van der Waals surface area (Å²) in [6.07, 6.45) is -4.53. The van der Waals surface area contributed by atoms with Crippen LogP contribution >= 0.6 is 0 Å². The van der Waals surface area contributed by atoms with Gasteiger partial charge in [-0.3, -0.25) is 9.59 Å². The molecule has 1 fully saturated rings. The number of hydrogen-bond acceptors (Lipinski definition) is 4. The molecule has 0 bridgehead atoms. The number of amides is 2. The Balaban J connectivity index is 1.68. The van der Waals surface area contributed by atoms with Crippen molar-refractivity contribution in [1.82, 2.24) is 9.80 Å². The summed E-state index contributed by atoms with van der Waals surface area (Å²) in [5.74, 6) is -0.692. The summed E-state index contributed by atoms with van der Waals surface area (Å²) in [5, 5.41) is 9.95. The molecule has 0 radical (unpaired) electrons. The maximum absolute atomic E-state index is 12.9. The largest absolute Gasteiger partial charge is 0.507 e. The van der Waals surface area contributed by atoms with Gasteiger partial charge in [0.05, 0.1) is 18.2 Å². The summed E-state index contributed by atoms with van der Waals surface area (Å²) < 4.78 is 43.7. The molecule has 0 unspecified atom stereocenters. The summed E-state index contributed by atoms with van der Waals surface area (Å²) >= 11 is 0. The SMILES string of the molecule is COc1ccc(O)c(C(=O)N2CCN(C(=O)c3cccc(C(F)(F)F)c3)CC2)c1. The third-order valence-electron chi connectivity index (χ3n) is 4.73. The number of phenols is 1. The van der Waals surface area contributed by atoms with Gasteiger partial charge in [0.2, 0.25) is 0 Å². The highest BCUT2D eigenvalue weighted by Gasteiger charge is 2.32. The molecule has 2 aromatic carbocycles. The molecule has 3 rings (SSSR count). The summed E-state index contributed by atoms with van der Waals surface area (Å²) in [6, 6.07) is 8.59. The molecule has 154 valence electrons. The summed E-state index contributed by atoms with van der Waals surface area (Å²) in [4.78, 5) is 28.1. The topological polar surface area (TPSA) is 70.1 Å². The Morgan fingerprint density at radius 1 is 0.966 bits per heavy atom. The van der Waals surface area contributed by atoms with Crippen molar-refractivity contribution in [2.24, 2.45) is 0 Å². The molecule has 1 heterocycles. The van der Waals surface area contributed by atoms with E-state index in [-0.39, 0.29) is 43.1 Å². The number of rotatable bonds is 3. The molecular weight excluding hydrogens is 389 g/mol. The number of piperazine rings is 1. The number of carbonyl (C=O) groups excluding carboxylic acids is 2. The van der Waals surface area contributed by atoms with E-state index in [1.54, 1.807) is 0 Å². The van der Waals surface area contributed by atoms with Gasteiger partial charge in [-0.1, -0.05) is 6.07 Å². The molecule has 6 nitrogen and oxygen atoms in total. The number of carbonyl (C=O) groups is 2. The molecule has 0 atom stereocenters. The molecular formula is C20H19F3N2O4. The van der Waals surface area contributed by atoms with Gasteiger partial charge in [-0.05, 0) is 36.4 Å². The minimum Gasteiger partial charge on any atom is -0.507 e. The van der Waals surface area contributed by atoms with E-state index in [2.05, 4.69) is 0 Å². The lowest BCUT2D eigenvalue weighted by atomic mass is 10.1. The highest BCUT2D eigenvalue weighted by atomic mass is 19.4. The lowest BCUT2D eigenvalue weighted by molar-refractivity contribution is -0.137. The number of ether oxygens (including phenoxy) is 1. The van der Waals surface area contributed by atoms with Crippen LogP contribution in [0.4, 0.5) is 13.2 Å². The van der Waals surface area contributed by atoms with Crippen molar-refractivity contribution in [3.05, 3.63) is 59.2 Å². The summed E-state index contributed by atoms with van der Waals surface area (Å²) in [5.41, 5.74) is -0.849. The first-order valence-corrected chi connectivity index (χ1v) is 8.83. The van der Waals surface area contributed by atoms with Gasteiger partial charge in [0.25, 0.3) is 11.8 Å². The van der Waals surface area contributed by atoms with E-state index < -0.39 is 23.6 Å². The smallest absolute Gasteiger partial charge is 0.416 e. The predicted molar refractivity (Wildman–Crippen MR) is 97.9 cm³/mol. The minimum atomic E-state index is -4.53. The fourth-order valence-electron chi connectivity index (χ4n) is 3.11. The van der Waals surface area contributed by atoms with Crippen molar-refractivity contribution in [2.75, 3.05) is 33.3 Å². The zero-order valence-corrected chi connectivity index (χ0v) is 15.6. The Hall–Kier alpha value is -3.23. The van der Waals surface area contributed by atoms with Crippen molar-refractivity contribution >= 4 is 11.8 Å². The number of halogens is 3. The highest BCUT2D eigenvalue weighted by molar-refractivity contribution is 5.98. The lowest BCUT2D eigenvalue weighted by Crippen LogP contribution is -2.50. The van der Waals surface area contributed by atoms with Crippen LogP contribution in [0.3, 0.4) is 0 Å². The Kier molecular flexibility index (Phi) is 5.67. The van der Waals surface area contributed by atoms with E-state index in [0.29, 0.717) is 5.75 Å². The van der Waals surface area contributed by atoms with E-state index in [0.717, 1.165) is 12.1 Å². The fourth-order valence-corrected chi connectivity index (χ4v) is 3.11. The quantitative estimate of drug-likeness (QED) is 0.848. The molecule has 29 heavy (non-hydrogen) atoms. The molecule has 0 spiro atoms. The number of alkyl halides is 3. The van der Waals surface area contributed by atoms with Crippen molar-refractivity contribution < 1.29 is 32.6 Å². The van der Waals surface area contributed by atoms with Crippen LogP contribution in [0.2, 0.25) is 0 Å². The van der Waals surface area contributed by atoms with Crippen LogP contribution in [0.25, 0.3) is 0 Å². The van der Waals surface area contributed by atoms with Gasteiger partial charge >= 0.3 is 6.18 Å². The zero-order valence-electron chi connectivity index (χ0n) is 15.6. The Labute approximate surface area is 165 Å². The van der Waals surface area contributed by atoms with Crippen molar-refractivity contribution in [1.29, 1.82) is 0 Å². The molecule has 2 amide bonds. The summed E-state index contributed by atoms with van der Waals surface area (Å²) in [7, 11) is 1.44. The molecule has 0 aromatic heterocycles. The number of methoxy groups -OCH3 is 1. The van der Waals surface area contributed by atoms with Crippen LogP contribution in [-0.2, 0) is 6.18 Å². The maximum Gasteiger partial charge on any atom is 0.416 e.